The smallest absolute Gasteiger partial charge is 0.251 e. The number of aliphatic imine (C=N–C) groups is 1. The summed E-state index contributed by atoms with van der Waals surface area (Å²) in [6.45, 7) is 8.95. The summed E-state index contributed by atoms with van der Waals surface area (Å²) in [4.78, 5) is 25.6. The molecule has 32 heavy (non-hydrogen) atoms. The van der Waals surface area contributed by atoms with E-state index in [1.54, 1.807) is 14.1 Å². The molecule has 3 rings (SSSR count). The molecule has 8 heteroatoms. The number of carbonyl (C=O) groups is 1. The van der Waals surface area contributed by atoms with Gasteiger partial charge in [-0.05, 0) is 42.3 Å². The molecular formula is C24H35N7O. The topological polar surface area (TPSA) is 84.9 Å². The highest BCUT2D eigenvalue weighted by molar-refractivity contribution is 5.94. The van der Waals surface area contributed by atoms with E-state index in [1.165, 1.54) is 0 Å². The monoisotopic (exact) mass is 437 g/mol. The van der Waals surface area contributed by atoms with Gasteiger partial charge in [0.2, 0.25) is 0 Å². The third-order valence-corrected chi connectivity index (χ3v) is 5.76. The fourth-order valence-electron chi connectivity index (χ4n) is 3.75. The summed E-state index contributed by atoms with van der Waals surface area (Å²) in [5.41, 5.74) is 2.89. The van der Waals surface area contributed by atoms with Crippen LogP contribution in [0.2, 0.25) is 0 Å². The first-order valence-corrected chi connectivity index (χ1v) is 11.3. The highest BCUT2D eigenvalue weighted by Gasteiger charge is 2.16. The van der Waals surface area contributed by atoms with Crippen LogP contribution >= 0.6 is 0 Å². The maximum absolute atomic E-state index is 11.8. The summed E-state index contributed by atoms with van der Waals surface area (Å²) in [6.07, 6.45) is 2.74. The van der Waals surface area contributed by atoms with Crippen LogP contribution in [0.4, 0.5) is 5.82 Å². The van der Waals surface area contributed by atoms with Crippen molar-refractivity contribution in [2.75, 3.05) is 58.3 Å². The van der Waals surface area contributed by atoms with Crippen molar-refractivity contribution in [3.63, 3.8) is 0 Å². The molecule has 1 saturated heterocycles. The maximum atomic E-state index is 11.8. The van der Waals surface area contributed by atoms with Crippen molar-refractivity contribution in [2.24, 2.45) is 4.99 Å². The first-order valence-electron chi connectivity index (χ1n) is 11.3. The quantitative estimate of drug-likeness (QED) is 0.429. The number of likely N-dealkylation sites (N-methyl/N-ethyl adjacent to an activating group) is 1. The van der Waals surface area contributed by atoms with E-state index in [-0.39, 0.29) is 5.91 Å². The van der Waals surface area contributed by atoms with E-state index in [2.05, 4.69) is 54.8 Å². The van der Waals surface area contributed by atoms with Crippen LogP contribution in [0.5, 0.6) is 0 Å². The summed E-state index contributed by atoms with van der Waals surface area (Å²) in [6, 6.07) is 11.9. The molecule has 2 aromatic rings. The number of hydrogen-bond acceptors (Lipinski definition) is 5. The van der Waals surface area contributed by atoms with Gasteiger partial charge in [0.1, 0.15) is 5.82 Å². The molecule has 1 aliphatic heterocycles. The SMILES string of the molecule is CCN1CCN(c2ccc(CNC(=NC)NCCc3cccc(C(=O)NC)c3)cn2)CC1. The van der Waals surface area contributed by atoms with Crippen molar-refractivity contribution in [1.82, 2.24) is 25.8 Å². The number of aromatic nitrogens is 1. The van der Waals surface area contributed by atoms with Crippen molar-refractivity contribution in [2.45, 2.75) is 19.9 Å². The molecule has 172 valence electrons. The molecular weight excluding hydrogens is 402 g/mol. The lowest BCUT2D eigenvalue weighted by molar-refractivity contribution is 0.0963. The number of carbonyl (C=O) groups excluding carboxylic acids is 1. The zero-order valence-corrected chi connectivity index (χ0v) is 19.4. The molecule has 1 fully saturated rings. The third kappa shape index (κ3) is 6.68. The summed E-state index contributed by atoms with van der Waals surface area (Å²) in [7, 11) is 3.40. The van der Waals surface area contributed by atoms with Gasteiger partial charge in [-0.25, -0.2) is 4.98 Å². The van der Waals surface area contributed by atoms with Gasteiger partial charge >= 0.3 is 0 Å². The number of nitrogens with one attached hydrogen (secondary N) is 3. The summed E-state index contributed by atoms with van der Waals surface area (Å²) in [5.74, 6) is 1.72. The highest BCUT2D eigenvalue weighted by Crippen LogP contribution is 2.14. The molecule has 2 heterocycles. The van der Waals surface area contributed by atoms with Gasteiger partial charge in [0, 0.05) is 65.1 Å². The van der Waals surface area contributed by atoms with Gasteiger partial charge in [0.05, 0.1) is 0 Å². The van der Waals surface area contributed by atoms with E-state index in [1.807, 2.05) is 30.5 Å². The van der Waals surface area contributed by atoms with Crippen LogP contribution in [0.1, 0.15) is 28.4 Å². The zero-order chi connectivity index (χ0) is 22.8. The number of piperazine rings is 1. The van der Waals surface area contributed by atoms with Crippen LogP contribution < -0.4 is 20.9 Å². The minimum absolute atomic E-state index is 0.0693. The van der Waals surface area contributed by atoms with Crippen LogP contribution in [0.15, 0.2) is 47.6 Å². The maximum Gasteiger partial charge on any atom is 0.251 e. The number of hydrogen-bond donors (Lipinski definition) is 3. The normalized spacial score (nSPS) is 14.8. The van der Waals surface area contributed by atoms with E-state index in [0.29, 0.717) is 12.1 Å². The molecule has 0 spiro atoms. The minimum Gasteiger partial charge on any atom is -0.356 e. The number of guanidine groups is 1. The van der Waals surface area contributed by atoms with Crippen LogP contribution in [0.25, 0.3) is 0 Å². The molecule has 1 amide bonds. The van der Waals surface area contributed by atoms with E-state index in [0.717, 1.165) is 68.6 Å². The molecule has 1 aromatic carbocycles. The second kappa shape index (κ2) is 12.0. The standard InChI is InChI=1S/C24H35N7O/c1-4-30-12-14-31(15-13-30)22-9-8-20(17-28-22)18-29-24(26-3)27-11-10-19-6-5-7-21(16-19)23(32)25-2/h5-9,16-17H,4,10-15,18H2,1-3H3,(H,25,32)(H2,26,27,29). The van der Waals surface area contributed by atoms with E-state index in [9.17, 15) is 4.79 Å². The van der Waals surface area contributed by atoms with Crippen LogP contribution in [-0.2, 0) is 13.0 Å². The number of nitrogens with zero attached hydrogens (tertiary/aromatic N) is 4. The Morgan fingerprint density at radius 3 is 2.56 bits per heavy atom. The first-order chi connectivity index (χ1) is 15.6. The number of anilines is 1. The Hall–Kier alpha value is -3.13. The van der Waals surface area contributed by atoms with Gasteiger partial charge in [-0.2, -0.15) is 0 Å². The number of pyridine rings is 1. The lowest BCUT2D eigenvalue weighted by atomic mass is 10.1. The molecule has 1 aromatic heterocycles. The molecule has 0 saturated carbocycles. The fourth-order valence-corrected chi connectivity index (χ4v) is 3.75. The van der Waals surface area contributed by atoms with Gasteiger partial charge in [0.25, 0.3) is 5.91 Å². The van der Waals surface area contributed by atoms with Gasteiger partial charge in [0.15, 0.2) is 5.96 Å². The van der Waals surface area contributed by atoms with Crippen molar-refractivity contribution in [3.8, 4) is 0 Å². The predicted octanol–water partition coefficient (Wildman–Crippen LogP) is 1.49. The largest absolute Gasteiger partial charge is 0.356 e. The van der Waals surface area contributed by atoms with Crippen molar-refractivity contribution < 1.29 is 4.79 Å². The van der Waals surface area contributed by atoms with E-state index in [4.69, 9.17) is 0 Å². The molecule has 3 N–H and O–H groups in total. The van der Waals surface area contributed by atoms with Gasteiger partial charge in [-0.15, -0.1) is 0 Å². The molecule has 0 radical (unpaired) electrons. The molecule has 0 atom stereocenters. The average molecular weight is 438 g/mol. The Morgan fingerprint density at radius 1 is 1.09 bits per heavy atom. The highest BCUT2D eigenvalue weighted by atomic mass is 16.1. The van der Waals surface area contributed by atoms with E-state index < -0.39 is 0 Å². The van der Waals surface area contributed by atoms with Crippen molar-refractivity contribution in [3.05, 3.63) is 59.3 Å². The third-order valence-electron chi connectivity index (χ3n) is 5.76. The molecule has 0 unspecified atom stereocenters. The molecule has 0 aliphatic carbocycles. The molecule has 0 bridgehead atoms. The lowest BCUT2D eigenvalue weighted by Crippen LogP contribution is -2.46. The Kier molecular flexibility index (Phi) is 8.86. The van der Waals surface area contributed by atoms with Crippen molar-refractivity contribution >= 4 is 17.7 Å². The average Bonchev–Trinajstić information content (AvgIpc) is 2.86. The summed E-state index contributed by atoms with van der Waals surface area (Å²) in [5, 5.41) is 9.32. The van der Waals surface area contributed by atoms with Gasteiger partial charge in [-0.1, -0.05) is 25.1 Å². The number of amides is 1. The second-order valence-corrected chi connectivity index (χ2v) is 7.83. The summed E-state index contributed by atoms with van der Waals surface area (Å²) >= 11 is 0. The Morgan fingerprint density at radius 2 is 1.91 bits per heavy atom. The lowest BCUT2D eigenvalue weighted by Gasteiger charge is -2.34. The van der Waals surface area contributed by atoms with Crippen molar-refractivity contribution in [1.29, 1.82) is 0 Å². The van der Waals surface area contributed by atoms with E-state index >= 15 is 0 Å². The Balaban J connectivity index is 1.43. The minimum atomic E-state index is -0.0693. The number of rotatable bonds is 8. The fraction of sp³-hybridized carbons (Fsp3) is 0.458. The number of benzene rings is 1. The molecule has 1 aliphatic rings. The molecule has 8 nitrogen and oxygen atoms in total. The Bertz CT molecular complexity index is 889. The first kappa shape index (κ1) is 23.5. The summed E-state index contributed by atoms with van der Waals surface area (Å²) < 4.78 is 0. The Labute approximate surface area is 191 Å². The van der Waals surface area contributed by atoms with Gasteiger partial charge in [-0.3, -0.25) is 9.79 Å². The van der Waals surface area contributed by atoms with Crippen LogP contribution in [-0.4, -0.2) is 75.1 Å². The second-order valence-electron chi connectivity index (χ2n) is 7.83. The van der Waals surface area contributed by atoms with Crippen LogP contribution in [0.3, 0.4) is 0 Å². The zero-order valence-electron chi connectivity index (χ0n) is 19.4. The van der Waals surface area contributed by atoms with Crippen LogP contribution in [0, 0.1) is 0 Å². The van der Waals surface area contributed by atoms with Gasteiger partial charge < -0.3 is 25.8 Å². The predicted molar refractivity (Wildman–Crippen MR) is 130 cm³/mol.